The van der Waals surface area contributed by atoms with Crippen molar-refractivity contribution in [3.63, 3.8) is 0 Å². The minimum Gasteiger partial charge on any atom is -0.422 e. The predicted molar refractivity (Wildman–Crippen MR) is 99.2 cm³/mol. The van der Waals surface area contributed by atoms with Crippen LogP contribution >= 0.6 is 11.8 Å². The van der Waals surface area contributed by atoms with Crippen molar-refractivity contribution in [1.29, 1.82) is 0 Å². The molecule has 0 aliphatic rings. The first-order chi connectivity index (χ1) is 12.1. The Kier molecular flexibility index (Phi) is 5.30. The summed E-state index contributed by atoms with van der Waals surface area (Å²) in [6.07, 6.45) is 0. The molecule has 0 aliphatic heterocycles. The number of ketones is 1. The van der Waals surface area contributed by atoms with Gasteiger partial charge in [0.2, 0.25) is 5.91 Å². The third-order valence-electron chi connectivity index (χ3n) is 3.47. The van der Waals surface area contributed by atoms with Gasteiger partial charge in [0.25, 0.3) is 0 Å². The Balaban J connectivity index is 1.58. The lowest BCUT2D eigenvalue weighted by Gasteiger charge is -2.05. The average Bonchev–Trinajstić information content (AvgIpc) is 2.61. The van der Waals surface area contributed by atoms with Crippen LogP contribution in [0.1, 0.15) is 10.4 Å². The van der Waals surface area contributed by atoms with Crippen molar-refractivity contribution in [3.8, 4) is 0 Å². The van der Waals surface area contributed by atoms with E-state index < -0.39 is 5.63 Å². The third kappa shape index (κ3) is 4.36. The smallest absolute Gasteiger partial charge is 0.347 e. The van der Waals surface area contributed by atoms with Gasteiger partial charge in [0.15, 0.2) is 5.78 Å². The average molecular weight is 353 g/mol. The van der Waals surface area contributed by atoms with E-state index in [1.54, 1.807) is 36.4 Å². The van der Waals surface area contributed by atoms with Gasteiger partial charge in [0.1, 0.15) is 11.1 Å². The van der Waals surface area contributed by atoms with Gasteiger partial charge in [-0.1, -0.05) is 36.4 Å². The van der Waals surface area contributed by atoms with Gasteiger partial charge in [-0.15, -0.1) is 11.8 Å². The van der Waals surface area contributed by atoms with Crippen molar-refractivity contribution in [2.45, 2.75) is 0 Å². The molecule has 0 spiro atoms. The van der Waals surface area contributed by atoms with Crippen LogP contribution in [0.15, 0.2) is 69.9 Å². The second-order valence-electron chi connectivity index (χ2n) is 5.32. The standard InChI is InChI=1S/C19H15NO4S/c21-16(11-25-12-18(22)20-14-7-2-1-3-8-14)15-10-13-6-4-5-9-17(13)24-19(15)23/h1-10H,11-12H2,(H,20,22). The fraction of sp³-hybridized carbons (Fsp3) is 0.105. The summed E-state index contributed by atoms with van der Waals surface area (Å²) in [6, 6.07) is 17.6. The van der Waals surface area contributed by atoms with E-state index in [-0.39, 0.29) is 28.8 Å². The van der Waals surface area contributed by atoms with Crippen molar-refractivity contribution >= 4 is 40.1 Å². The highest BCUT2D eigenvalue weighted by molar-refractivity contribution is 8.00. The molecule has 0 saturated heterocycles. The Hall–Kier alpha value is -2.86. The second-order valence-corrected chi connectivity index (χ2v) is 6.30. The van der Waals surface area contributed by atoms with Gasteiger partial charge in [0.05, 0.1) is 11.5 Å². The lowest BCUT2D eigenvalue weighted by molar-refractivity contribution is -0.113. The highest BCUT2D eigenvalue weighted by Gasteiger charge is 2.14. The molecule has 0 fully saturated rings. The Labute approximate surface area is 148 Å². The molecule has 1 heterocycles. The number of hydrogen-bond acceptors (Lipinski definition) is 5. The summed E-state index contributed by atoms with van der Waals surface area (Å²) >= 11 is 1.16. The summed E-state index contributed by atoms with van der Waals surface area (Å²) in [6.45, 7) is 0. The van der Waals surface area contributed by atoms with Gasteiger partial charge >= 0.3 is 5.63 Å². The number of anilines is 1. The van der Waals surface area contributed by atoms with Crippen LogP contribution in [0.3, 0.4) is 0 Å². The van der Waals surface area contributed by atoms with E-state index in [9.17, 15) is 14.4 Å². The molecule has 0 saturated carbocycles. The minimum absolute atomic E-state index is 0.00895. The Morgan fingerprint density at radius 1 is 0.960 bits per heavy atom. The topological polar surface area (TPSA) is 76.4 Å². The minimum atomic E-state index is -0.655. The summed E-state index contributed by atoms with van der Waals surface area (Å²) in [5, 5.41) is 3.43. The first-order valence-electron chi connectivity index (χ1n) is 7.62. The van der Waals surface area contributed by atoms with Crippen LogP contribution in [0, 0.1) is 0 Å². The van der Waals surface area contributed by atoms with E-state index in [2.05, 4.69) is 5.32 Å². The summed E-state index contributed by atoms with van der Waals surface area (Å²) in [5.74, 6) is -0.392. The van der Waals surface area contributed by atoms with Crippen LogP contribution in [0.2, 0.25) is 0 Å². The number of fused-ring (bicyclic) bond motifs is 1. The summed E-state index contributed by atoms with van der Waals surface area (Å²) in [7, 11) is 0. The molecule has 3 rings (SSSR count). The van der Waals surface area contributed by atoms with Gasteiger partial charge in [-0.2, -0.15) is 0 Å². The lowest BCUT2D eigenvalue weighted by atomic mass is 10.1. The summed E-state index contributed by atoms with van der Waals surface area (Å²) in [4.78, 5) is 36.0. The number of amides is 1. The number of nitrogens with one attached hydrogen (secondary N) is 1. The van der Waals surface area contributed by atoms with Gasteiger partial charge in [-0.3, -0.25) is 9.59 Å². The maximum Gasteiger partial charge on any atom is 0.347 e. The summed E-state index contributed by atoms with van der Waals surface area (Å²) in [5.41, 5.74) is 0.501. The number of hydrogen-bond donors (Lipinski definition) is 1. The third-order valence-corrected chi connectivity index (χ3v) is 4.40. The molecule has 126 valence electrons. The zero-order valence-corrected chi connectivity index (χ0v) is 14.0. The van der Waals surface area contributed by atoms with E-state index in [4.69, 9.17) is 4.42 Å². The number of carbonyl (C=O) groups is 2. The number of carbonyl (C=O) groups excluding carboxylic acids is 2. The zero-order valence-electron chi connectivity index (χ0n) is 13.2. The predicted octanol–water partition coefficient (Wildman–Crippen LogP) is 3.35. The van der Waals surface area contributed by atoms with Crippen molar-refractivity contribution in [2.75, 3.05) is 16.8 Å². The van der Waals surface area contributed by atoms with Crippen molar-refractivity contribution in [2.24, 2.45) is 0 Å². The fourth-order valence-corrected chi connectivity index (χ4v) is 2.99. The maximum atomic E-state index is 12.2. The number of para-hydroxylation sites is 2. The quantitative estimate of drug-likeness (QED) is 0.543. The molecule has 1 N–H and O–H groups in total. The Morgan fingerprint density at radius 2 is 1.68 bits per heavy atom. The van der Waals surface area contributed by atoms with Crippen molar-refractivity contribution in [3.05, 3.63) is 76.6 Å². The van der Waals surface area contributed by atoms with Gasteiger partial charge in [-0.25, -0.2) is 4.79 Å². The van der Waals surface area contributed by atoms with Crippen LogP contribution < -0.4 is 10.9 Å². The Morgan fingerprint density at radius 3 is 2.48 bits per heavy atom. The number of Topliss-reactive ketones (excluding diaryl/α,β-unsaturated/α-hetero) is 1. The van der Waals surface area contributed by atoms with Crippen LogP contribution in [-0.4, -0.2) is 23.2 Å². The second kappa shape index (κ2) is 7.81. The van der Waals surface area contributed by atoms with Gasteiger partial charge in [-0.05, 0) is 24.3 Å². The monoisotopic (exact) mass is 353 g/mol. The molecular weight excluding hydrogens is 338 g/mol. The van der Waals surface area contributed by atoms with E-state index in [1.807, 2.05) is 18.2 Å². The van der Waals surface area contributed by atoms with Crippen LogP contribution in [0.25, 0.3) is 11.0 Å². The highest BCUT2D eigenvalue weighted by atomic mass is 32.2. The lowest BCUT2D eigenvalue weighted by Crippen LogP contribution is -2.18. The Bertz CT molecular complexity index is 966. The molecule has 5 nitrogen and oxygen atoms in total. The normalized spacial score (nSPS) is 10.6. The molecule has 25 heavy (non-hydrogen) atoms. The zero-order chi connectivity index (χ0) is 17.6. The van der Waals surface area contributed by atoms with Crippen molar-refractivity contribution < 1.29 is 14.0 Å². The molecule has 6 heteroatoms. The van der Waals surface area contributed by atoms with E-state index >= 15 is 0 Å². The van der Waals surface area contributed by atoms with Crippen molar-refractivity contribution in [1.82, 2.24) is 0 Å². The van der Waals surface area contributed by atoms with Crippen LogP contribution in [-0.2, 0) is 4.79 Å². The highest BCUT2D eigenvalue weighted by Crippen LogP contribution is 2.14. The molecule has 0 bridgehead atoms. The van der Waals surface area contributed by atoms with E-state index in [1.165, 1.54) is 6.07 Å². The maximum absolute atomic E-state index is 12.2. The van der Waals surface area contributed by atoms with Crippen LogP contribution in [0.4, 0.5) is 5.69 Å². The molecule has 0 radical (unpaired) electrons. The molecule has 0 atom stereocenters. The van der Waals surface area contributed by atoms with Gasteiger partial charge < -0.3 is 9.73 Å². The first-order valence-corrected chi connectivity index (χ1v) is 8.78. The van der Waals surface area contributed by atoms with Gasteiger partial charge in [0, 0.05) is 11.1 Å². The SMILES string of the molecule is O=C(CSCC(=O)c1cc2ccccc2oc1=O)Nc1ccccc1. The first kappa shape index (κ1) is 17.0. The number of rotatable bonds is 6. The molecular formula is C19H15NO4S. The van der Waals surface area contributed by atoms with E-state index in [0.717, 1.165) is 11.8 Å². The molecule has 1 aromatic heterocycles. The summed E-state index contributed by atoms with van der Waals surface area (Å²) < 4.78 is 5.16. The molecule has 0 unspecified atom stereocenters. The number of thioether (sulfide) groups is 1. The number of benzene rings is 2. The largest absolute Gasteiger partial charge is 0.422 e. The van der Waals surface area contributed by atoms with E-state index in [0.29, 0.717) is 16.7 Å². The molecule has 3 aromatic rings. The molecule has 0 aliphatic carbocycles. The van der Waals surface area contributed by atoms with Crippen LogP contribution in [0.5, 0.6) is 0 Å². The molecule has 2 aromatic carbocycles. The fourth-order valence-electron chi connectivity index (χ4n) is 2.29. The molecule has 1 amide bonds.